The van der Waals surface area contributed by atoms with Crippen molar-refractivity contribution < 1.29 is 18.0 Å². The van der Waals surface area contributed by atoms with Crippen LogP contribution in [0.2, 0.25) is 0 Å². The van der Waals surface area contributed by atoms with Gasteiger partial charge in [-0.25, -0.2) is 0 Å². The highest BCUT2D eigenvalue weighted by molar-refractivity contribution is 6.60. The second-order valence-corrected chi connectivity index (χ2v) is 6.39. The zero-order valence-corrected chi connectivity index (χ0v) is 12.8. The summed E-state index contributed by atoms with van der Waals surface area (Å²) in [7, 11) is -2.60. The summed E-state index contributed by atoms with van der Waals surface area (Å²) in [6.45, 7) is 10.9. The zero-order chi connectivity index (χ0) is 13.0. The Labute approximate surface area is 107 Å². The lowest BCUT2D eigenvalue weighted by molar-refractivity contribution is 0.0241. The van der Waals surface area contributed by atoms with Gasteiger partial charge in [-0.05, 0) is 26.2 Å². The van der Waals surface area contributed by atoms with Crippen LogP contribution in [0.4, 0.5) is 0 Å². The van der Waals surface area contributed by atoms with E-state index in [0.29, 0.717) is 32.7 Å². The first-order chi connectivity index (χ1) is 8.24. The average Bonchev–Trinajstić information content (AvgIpc) is 2.37. The Bertz CT molecular complexity index is 129. The normalized spacial score (nSPS) is 12.0. The molecule has 4 nitrogen and oxygen atoms in total. The molecule has 0 aromatic carbocycles. The lowest BCUT2D eigenvalue weighted by Crippen LogP contribution is -2.51. The van der Waals surface area contributed by atoms with E-state index < -0.39 is 8.80 Å². The number of rotatable bonds is 12. The summed E-state index contributed by atoms with van der Waals surface area (Å²) in [6.07, 6.45) is 3.35. The van der Waals surface area contributed by atoms with Crippen molar-refractivity contribution in [1.29, 1.82) is 0 Å². The Kier molecular flexibility index (Phi) is 11.2. The van der Waals surface area contributed by atoms with Crippen molar-refractivity contribution in [3.05, 3.63) is 0 Å². The van der Waals surface area contributed by atoms with E-state index in [4.69, 9.17) is 18.0 Å². The van der Waals surface area contributed by atoms with Crippen LogP contribution in [-0.4, -0.2) is 41.5 Å². The fraction of sp³-hybridized carbons (Fsp3) is 1.00. The van der Waals surface area contributed by atoms with Gasteiger partial charge in [0.2, 0.25) is 0 Å². The monoisotopic (exact) mass is 264 g/mol. The highest BCUT2D eigenvalue weighted by Gasteiger charge is 2.41. The van der Waals surface area contributed by atoms with Crippen molar-refractivity contribution >= 4 is 8.80 Å². The van der Waals surface area contributed by atoms with Crippen molar-refractivity contribution in [2.75, 3.05) is 32.7 Å². The van der Waals surface area contributed by atoms with E-state index in [2.05, 4.69) is 20.8 Å². The molecule has 0 aliphatic heterocycles. The summed E-state index contributed by atoms with van der Waals surface area (Å²) < 4.78 is 23.0. The first-order valence-corrected chi connectivity index (χ1v) is 8.67. The summed E-state index contributed by atoms with van der Waals surface area (Å²) >= 11 is 0. The molecule has 0 saturated heterocycles. The third-order valence-corrected chi connectivity index (χ3v) is 4.55. The average molecular weight is 264 g/mol. The van der Waals surface area contributed by atoms with Crippen molar-refractivity contribution in [2.45, 2.75) is 47.0 Å². The van der Waals surface area contributed by atoms with E-state index in [1.165, 1.54) is 0 Å². The van der Waals surface area contributed by atoms with E-state index in [9.17, 15) is 0 Å². The lowest BCUT2D eigenvalue weighted by Gasteiger charge is -2.29. The van der Waals surface area contributed by atoms with Gasteiger partial charge in [-0.2, -0.15) is 0 Å². The van der Waals surface area contributed by atoms with Crippen LogP contribution in [0.25, 0.3) is 0 Å². The predicted molar refractivity (Wildman–Crippen MR) is 71.0 cm³/mol. The van der Waals surface area contributed by atoms with Crippen LogP contribution >= 0.6 is 0 Å². The van der Waals surface area contributed by atoms with E-state index in [0.717, 1.165) is 19.3 Å². The lowest BCUT2D eigenvalue weighted by atomic mass is 10.5. The van der Waals surface area contributed by atoms with E-state index in [1.807, 2.05) is 6.92 Å². The van der Waals surface area contributed by atoms with Crippen LogP contribution < -0.4 is 0 Å². The molecular weight excluding hydrogens is 236 g/mol. The highest BCUT2D eigenvalue weighted by atomic mass is 28.4. The number of hydrogen-bond donors (Lipinski definition) is 0. The van der Waals surface area contributed by atoms with Crippen LogP contribution in [-0.2, 0) is 18.0 Å². The summed E-state index contributed by atoms with van der Waals surface area (Å²) in [5.41, 5.74) is 0. The SMILES string of the molecule is CCCO[Si](COCC)(OCCC)OCCC. The van der Waals surface area contributed by atoms with Crippen LogP contribution in [0, 0.1) is 0 Å². The van der Waals surface area contributed by atoms with Crippen molar-refractivity contribution in [3.8, 4) is 0 Å². The molecule has 5 heteroatoms. The van der Waals surface area contributed by atoms with Crippen LogP contribution in [0.3, 0.4) is 0 Å². The van der Waals surface area contributed by atoms with Gasteiger partial charge in [0.05, 0.1) is 0 Å². The van der Waals surface area contributed by atoms with Gasteiger partial charge >= 0.3 is 8.80 Å². The van der Waals surface area contributed by atoms with Crippen LogP contribution in [0.15, 0.2) is 0 Å². The fourth-order valence-corrected chi connectivity index (χ4v) is 3.75. The van der Waals surface area contributed by atoms with Gasteiger partial charge in [0, 0.05) is 26.4 Å². The molecule has 0 spiro atoms. The third kappa shape index (κ3) is 7.89. The Morgan fingerprint density at radius 2 is 1.12 bits per heavy atom. The largest absolute Gasteiger partial charge is 0.528 e. The maximum absolute atomic E-state index is 5.85. The molecular formula is C12H28O4Si. The van der Waals surface area contributed by atoms with Crippen molar-refractivity contribution in [2.24, 2.45) is 0 Å². The van der Waals surface area contributed by atoms with Crippen LogP contribution in [0.5, 0.6) is 0 Å². The zero-order valence-electron chi connectivity index (χ0n) is 11.8. The fourth-order valence-electron chi connectivity index (χ4n) is 1.25. The van der Waals surface area contributed by atoms with Gasteiger partial charge in [0.1, 0.15) is 6.23 Å². The van der Waals surface area contributed by atoms with Gasteiger partial charge in [0.15, 0.2) is 0 Å². The molecule has 0 aromatic rings. The first-order valence-electron chi connectivity index (χ1n) is 6.74. The second-order valence-electron chi connectivity index (χ2n) is 3.87. The number of ether oxygens (including phenoxy) is 1. The van der Waals surface area contributed by atoms with E-state index in [1.54, 1.807) is 0 Å². The summed E-state index contributed by atoms with van der Waals surface area (Å²) in [5, 5.41) is 0. The van der Waals surface area contributed by atoms with Gasteiger partial charge in [-0.1, -0.05) is 20.8 Å². The molecule has 0 heterocycles. The molecule has 0 unspecified atom stereocenters. The van der Waals surface area contributed by atoms with Gasteiger partial charge in [-0.15, -0.1) is 0 Å². The molecule has 0 fully saturated rings. The van der Waals surface area contributed by atoms with Crippen LogP contribution in [0.1, 0.15) is 47.0 Å². The molecule has 0 amide bonds. The number of hydrogen-bond acceptors (Lipinski definition) is 4. The second kappa shape index (κ2) is 11.2. The molecule has 0 radical (unpaired) electrons. The summed E-state index contributed by atoms with van der Waals surface area (Å²) in [4.78, 5) is 0. The minimum atomic E-state index is -2.60. The molecule has 0 aromatic heterocycles. The van der Waals surface area contributed by atoms with Gasteiger partial charge < -0.3 is 18.0 Å². The minimum absolute atomic E-state index is 0.462. The molecule has 0 bridgehead atoms. The quantitative estimate of drug-likeness (QED) is 0.508. The van der Waals surface area contributed by atoms with Gasteiger partial charge in [-0.3, -0.25) is 0 Å². The third-order valence-electron chi connectivity index (χ3n) is 2.06. The maximum atomic E-state index is 5.85. The molecule has 0 aliphatic rings. The minimum Gasteiger partial charge on any atom is -0.377 e. The molecule has 0 atom stereocenters. The van der Waals surface area contributed by atoms with Crippen molar-refractivity contribution in [1.82, 2.24) is 0 Å². The Balaban J connectivity index is 4.39. The van der Waals surface area contributed by atoms with E-state index in [-0.39, 0.29) is 0 Å². The summed E-state index contributed by atoms with van der Waals surface area (Å²) in [5.74, 6) is 0. The molecule has 17 heavy (non-hydrogen) atoms. The first kappa shape index (κ1) is 17.1. The Morgan fingerprint density at radius 3 is 1.41 bits per heavy atom. The molecule has 0 rings (SSSR count). The van der Waals surface area contributed by atoms with E-state index >= 15 is 0 Å². The summed E-state index contributed by atoms with van der Waals surface area (Å²) in [6, 6.07) is 0. The standard InChI is InChI=1S/C12H28O4Si/c1-5-9-14-17(12-13-8-4,15-10-6-2)16-11-7-3/h5-12H2,1-4H3. The molecule has 0 saturated carbocycles. The molecule has 0 N–H and O–H groups in total. The maximum Gasteiger partial charge on any atom is 0.528 e. The topological polar surface area (TPSA) is 36.9 Å². The Morgan fingerprint density at radius 1 is 0.706 bits per heavy atom. The Hall–Kier alpha value is 0.0569. The highest BCUT2D eigenvalue weighted by Crippen LogP contribution is 2.12. The van der Waals surface area contributed by atoms with Gasteiger partial charge in [0.25, 0.3) is 0 Å². The van der Waals surface area contributed by atoms with Crippen molar-refractivity contribution in [3.63, 3.8) is 0 Å². The smallest absolute Gasteiger partial charge is 0.377 e. The predicted octanol–water partition coefficient (Wildman–Crippen LogP) is 2.78. The molecule has 0 aliphatic carbocycles. The molecule has 104 valence electrons.